The highest BCUT2D eigenvalue weighted by molar-refractivity contribution is 8.14. The number of likely N-dealkylation sites (N-methyl/N-ethyl adjacent to an activating group) is 1. The fraction of sp³-hybridized carbons (Fsp3) is 0.818. The maximum absolute atomic E-state index is 10.1. The molecule has 0 aliphatic carbocycles. The Morgan fingerprint density at radius 3 is 2.89 bits per heavy atom. The molecule has 0 radical (unpaired) electrons. The first-order chi connectivity index (χ1) is 9.08. The first-order valence-electron chi connectivity index (χ1n) is 6.15. The summed E-state index contributed by atoms with van der Waals surface area (Å²) in [7, 11) is 1.68. The number of aliphatic imine (C=N–C) groups is 1. The summed E-state index contributed by atoms with van der Waals surface area (Å²) in [6.45, 7) is 2.82. The standard InChI is InChI=1S/C11H18N4O3S/c1-3-13-11-14-6-7(16)8(17)9(15(2)5-4-12)18-10(6)19-11/h6-10,16-17H,3,5H2,1-2H3,(H,13,14)/t6-,7-,8+,9-,10-/m1/s1. The van der Waals surface area contributed by atoms with Gasteiger partial charge in [-0.2, -0.15) is 5.26 Å². The van der Waals surface area contributed by atoms with Crippen LogP contribution in [-0.4, -0.2) is 70.3 Å². The van der Waals surface area contributed by atoms with E-state index in [0.717, 1.165) is 6.54 Å². The Hall–Kier alpha value is -0.850. The molecule has 3 N–H and O–H groups in total. The number of thioether (sulfide) groups is 1. The van der Waals surface area contributed by atoms with Crippen LogP contribution in [0.25, 0.3) is 0 Å². The molecular weight excluding hydrogens is 268 g/mol. The normalized spacial score (nSPS) is 37.7. The number of aliphatic hydroxyl groups is 2. The third-order valence-electron chi connectivity index (χ3n) is 3.12. The van der Waals surface area contributed by atoms with Crippen LogP contribution in [0.5, 0.6) is 0 Å². The summed E-state index contributed by atoms with van der Waals surface area (Å²) >= 11 is 1.40. The molecule has 1 saturated heterocycles. The third kappa shape index (κ3) is 2.85. The van der Waals surface area contributed by atoms with Crippen molar-refractivity contribution in [3.63, 3.8) is 0 Å². The van der Waals surface area contributed by atoms with Crippen LogP contribution in [0.2, 0.25) is 0 Å². The first-order valence-corrected chi connectivity index (χ1v) is 7.03. The van der Waals surface area contributed by atoms with Crippen molar-refractivity contribution in [1.29, 1.82) is 5.26 Å². The van der Waals surface area contributed by atoms with Crippen LogP contribution in [0.15, 0.2) is 4.99 Å². The molecule has 0 saturated carbocycles. The molecule has 0 aromatic carbocycles. The lowest BCUT2D eigenvalue weighted by Gasteiger charge is -2.41. The van der Waals surface area contributed by atoms with Crippen LogP contribution in [0, 0.1) is 11.3 Å². The molecule has 0 amide bonds. The van der Waals surface area contributed by atoms with E-state index >= 15 is 0 Å². The van der Waals surface area contributed by atoms with Crippen molar-refractivity contribution in [1.82, 2.24) is 10.2 Å². The van der Waals surface area contributed by atoms with E-state index in [-0.39, 0.29) is 12.0 Å². The summed E-state index contributed by atoms with van der Waals surface area (Å²) in [4.78, 5) is 5.90. The Morgan fingerprint density at radius 2 is 2.26 bits per heavy atom. The topological polar surface area (TPSA) is 101 Å². The molecule has 2 aliphatic rings. The predicted molar refractivity (Wildman–Crippen MR) is 71.4 cm³/mol. The third-order valence-corrected chi connectivity index (χ3v) is 4.22. The molecule has 2 rings (SSSR count). The summed E-state index contributed by atoms with van der Waals surface area (Å²) < 4.78 is 5.76. The van der Waals surface area contributed by atoms with Crippen LogP contribution in [0.3, 0.4) is 0 Å². The van der Waals surface area contributed by atoms with Crippen molar-refractivity contribution in [2.75, 3.05) is 20.1 Å². The second-order valence-corrected chi connectivity index (χ2v) is 5.61. The van der Waals surface area contributed by atoms with E-state index in [4.69, 9.17) is 10.00 Å². The maximum atomic E-state index is 10.1. The van der Waals surface area contributed by atoms with Gasteiger partial charge in [-0.15, -0.1) is 0 Å². The van der Waals surface area contributed by atoms with Crippen LogP contribution >= 0.6 is 11.8 Å². The Labute approximate surface area is 116 Å². The quantitative estimate of drug-likeness (QED) is 0.568. The molecule has 106 valence electrons. The number of rotatable bonds is 3. The molecule has 5 atom stereocenters. The van der Waals surface area contributed by atoms with E-state index in [9.17, 15) is 10.2 Å². The van der Waals surface area contributed by atoms with Gasteiger partial charge in [0.2, 0.25) is 0 Å². The van der Waals surface area contributed by atoms with Gasteiger partial charge in [-0.1, -0.05) is 11.8 Å². The second-order valence-electron chi connectivity index (χ2n) is 4.52. The van der Waals surface area contributed by atoms with Gasteiger partial charge in [-0.05, 0) is 14.0 Å². The molecule has 19 heavy (non-hydrogen) atoms. The van der Waals surface area contributed by atoms with E-state index in [0.29, 0.717) is 5.17 Å². The number of fused-ring (bicyclic) bond motifs is 1. The highest BCUT2D eigenvalue weighted by Gasteiger charge is 2.49. The zero-order valence-electron chi connectivity index (χ0n) is 10.9. The monoisotopic (exact) mass is 286 g/mol. The van der Waals surface area contributed by atoms with Gasteiger partial charge in [0.15, 0.2) is 5.17 Å². The molecule has 0 aromatic rings. The first kappa shape index (κ1) is 14.6. The Bertz CT molecular complexity index is 400. The van der Waals surface area contributed by atoms with Gasteiger partial charge in [-0.3, -0.25) is 9.89 Å². The molecule has 0 unspecified atom stereocenters. The summed E-state index contributed by atoms with van der Waals surface area (Å²) in [6, 6.07) is 1.52. The van der Waals surface area contributed by atoms with Gasteiger partial charge >= 0.3 is 0 Å². The van der Waals surface area contributed by atoms with Crippen molar-refractivity contribution in [3.05, 3.63) is 0 Å². The van der Waals surface area contributed by atoms with Crippen molar-refractivity contribution in [3.8, 4) is 6.07 Å². The van der Waals surface area contributed by atoms with Crippen molar-refractivity contribution < 1.29 is 14.9 Å². The molecule has 2 heterocycles. The smallest absolute Gasteiger partial charge is 0.159 e. The van der Waals surface area contributed by atoms with Crippen molar-refractivity contribution in [2.24, 2.45) is 4.99 Å². The van der Waals surface area contributed by atoms with Crippen LogP contribution in [0.1, 0.15) is 6.92 Å². The molecule has 7 nitrogen and oxygen atoms in total. The fourth-order valence-electron chi connectivity index (χ4n) is 2.15. The molecule has 8 heteroatoms. The molecule has 1 fully saturated rings. The highest BCUT2D eigenvalue weighted by atomic mass is 32.2. The average molecular weight is 286 g/mol. The van der Waals surface area contributed by atoms with E-state index < -0.39 is 24.5 Å². The SMILES string of the molecule is CCNC1=N[C@@H]2[C@@H](O)[C@H](O)[C@H](N(C)CC#N)O[C@@H]2S1. The number of aliphatic hydroxyl groups excluding tert-OH is 2. The van der Waals surface area contributed by atoms with Crippen LogP contribution < -0.4 is 5.32 Å². The number of hydrogen-bond acceptors (Lipinski definition) is 8. The van der Waals surface area contributed by atoms with Gasteiger partial charge in [-0.25, -0.2) is 0 Å². The van der Waals surface area contributed by atoms with Crippen LogP contribution in [-0.2, 0) is 4.74 Å². The zero-order chi connectivity index (χ0) is 14.0. The Morgan fingerprint density at radius 1 is 1.53 bits per heavy atom. The minimum Gasteiger partial charge on any atom is -0.388 e. The van der Waals surface area contributed by atoms with E-state index in [1.54, 1.807) is 11.9 Å². The number of nitriles is 1. The zero-order valence-corrected chi connectivity index (χ0v) is 11.7. The largest absolute Gasteiger partial charge is 0.388 e. The minimum atomic E-state index is -1.08. The number of nitrogens with zero attached hydrogens (tertiary/aromatic N) is 3. The van der Waals surface area contributed by atoms with Gasteiger partial charge in [0.1, 0.15) is 29.9 Å². The summed E-state index contributed by atoms with van der Waals surface area (Å²) in [5.41, 5.74) is -0.335. The molecule has 0 spiro atoms. The summed E-state index contributed by atoms with van der Waals surface area (Å²) in [6.07, 6.45) is -2.77. The highest BCUT2D eigenvalue weighted by Crippen LogP contribution is 2.36. The van der Waals surface area contributed by atoms with E-state index in [1.807, 2.05) is 13.0 Å². The Balaban J connectivity index is 2.08. The summed E-state index contributed by atoms with van der Waals surface area (Å²) in [5.74, 6) is 0. The lowest BCUT2D eigenvalue weighted by molar-refractivity contribution is -0.198. The minimum absolute atomic E-state index is 0.122. The van der Waals surface area contributed by atoms with Gasteiger partial charge in [0.05, 0.1) is 12.6 Å². The number of ether oxygens (including phenoxy) is 1. The molecule has 2 aliphatic heterocycles. The lowest BCUT2D eigenvalue weighted by atomic mass is 10.0. The summed E-state index contributed by atoms with van der Waals surface area (Å²) in [5, 5.41) is 32.7. The van der Waals surface area contributed by atoms with Gasteiger partial charge in [0, 0.05) is 6.54 Å². The van der Waals surface area contributed by atoms with E-state index in [2.05, 4.69) is 10.3 Å². The Kier molecular flexibility index (Phi) is 4.65. The van der Waals surface area contributed by atoms with Crippen molar-refractivity contribution >= 4 is 16.9 Å². The predicted octanol–water partition coefficient (Wildman–Crippen LogP) is -1.07. The number of amidine groups is 1. The van der Waals surface area contributed by atoms with Crippen LogP contribution in [0.4, 0.5) is 0 Å². The fourth-order valence-corrected chi connectivity index (χ4v) is 3.31. The van der Waals surface area contributed by atoms with Gasteiger partial charge < -0.3 is 20.3 Å². The molecule has 0 bridgehead atoms. The number of nitrogens with one attached hydrogen (secondary N) is 1. The van der Waals surface area contributed by atoms with Crippen molar-refractivity contribution in [2.45, 2.75) is 36.8 Å². The van der Waals surface area contributed by atoms with E-state index in [1.165, 1.54) is 11.8 Å². The second kappa shape index (κ2) is 6.07. The maximum Gasteiger partial charge on any atom is 0.159 e. The number of hydrogen-bond donors (Lipinski definition) is 3. The molecule has 0 aromatic heterocycles. The molecular formula is C11H18N4O3S. The average Bonchev–Trinajstić information content (AvgIpc) is 2.77. The van der Waals surface area contributed by atoms with Gasteiger partial charge in [0.25, 0.3) is 0 Å². The lowest BCUT2D eigenvalue weighted by Crippen LogP contribution is -2.59.